The van der Waals surface area contributed by atoms with Gasteiger partial charge in [-0.05, 0) is 26.7 Å². The van der Waals surface area contributed by atoms with Gasteiger partial charge in [0.2, 0.25) is 0 Å². The van der Waals surface area contributed by atoms with Gasteiger partial charge in [-0.15, -0.1) is 18.2 Å². The molecule has 0 bridgehead atoms. The van der Waals surface area contributed by atoms with E-state index in [9.17, 15) is 0 Å². The fraction of sp³-hybridized carbons (Fsp3) is 0.833. The van der Waals surface area contributed by atoms with Crippen molar-refractivity contribution in [1.29, 1.82) is 0 Å². The summed E-state index contributed by atoms with van der Waals surface area (Å²) in [5.41, 5.74) is 0.0879. The van der Waals surface area contributed by atoms with Crippen LogP contribution in [0.25, 0.3) is 0 Å². The quantitative estimate of drug-likeness (QED) is 0.553. The van der Waals surface area contributed by atoms with Crippen LogP contribution in [0.5, 0.6) is 0 Å². The molecule has 0 radical (unpaired) electrons. The molecule has 86 valence electrons. The van der Waals surface area contributed by atoms with Crippen LogP contribution in [-0.2, 0) is 4.74 Å². The van der Waals surface area contributed by atoms with E-state index in [1.807, 2.05) is 0 Å². The second-order valence-corrected chi connectivity index (χ2v) is 5.60. The normalized spacial score (nSPS) is 23.9. The van der Waals surface area contributed by atoms with Gasteiger partial charge in [-0.25, -0.2) is 0 Å². The summed E-state index contributed by atoms with van der Waals surface area (Å²) >= 11 is 1.80. The molecule has 0 saturated carbocycles. The molecule has 0 aromatic rings. The summed E-state index contributed by atoms with van der Waals surface area (Å²) in [6.07, 6.45) is 7.91. The first-order chi connectivity index (χ1) is 7.14. The lowest BCUT2D eigenvalue weighted by Gasteiger charge is -2.19. The average molecular weight is 227 g/mol. The van der Waals surface area contributed by atoms with Crippen LogP contribution in [0.4, 0.5) is 0 Å². The van der Waals surface area contributed by atoms with Gasteiger partial charge in [0.05, 0.1) is 17.5 Å². The van der Waals surface area contributed by atoms with Crippen molar-refractivity contribution in [2.45, 2.75) is 38.4 Å². The van der Waals surface area contributed by atoms with Crippen LogP contribution in [0.2, 0.25) is 0 Å². The molecule has 0 spiro atoms. The van der Waals surface area contributed by atoms with Crippen molar-refractivity contribution in [2.24, 2.45) is 0 Å². The van der Waals surface area contributed by atoms with Gasteiger partial charge in [0.25, 0.3) is 0 Å². The number of nitrogens with one attached hydrogen (secondary N) is 1. The lowest BCUT2D eigenvalue weighted by atomic mass is 10.1. The van der Waals surface area contributed by atoms with E-state index in [1.54, 1.807) is 11.8 Å². The summed E-state index contributed by atoms with van der Waals surface area (Å²) < 4.78 is 5.87. The zero-order valence-electron chi connectivity index (χ0n) is 9.71. The molecule has 1 aliphatic rings. The molecule has 1 fully saturated rings. The molecule has 1 aliphatic heterocycles. The molecule has 1 saturated heterocycles. The van der Waals surface area contributed by atoms with Crippen molar-refractivity contribution in [3.63, 3.8) is 0 Å². The zero-order valence-corrected chi connectivity index (χ0v) is 10.5. The highest BCUT2D eigenvalue weighted by atomic mass is 32.2. The Morgan fingerprint density at radius 1 is 1.60 bits per heavy atom. The molecule has 0 amide bonds. The number of hydrogen-bond donors (Lipinski definition) is 1. The first kappa shape index (κ1) is 12.9. The van der Waals surface area contributed by atoms with E-state index in [2.05, 4.69) is 25.1 Å². The summed E-state index contributed by atoms with van der Waals surface area (Å²) in [7, 11) is 0. The number of hydrogen-bond acceptors (Lipinski definition) is 3. The molecule has 1 N–H and O–H groups in total. The Morgan fingerprint density at radius 2 is 2.40 bits per heavy atom. The van der Waals surface area contributed by atoms with Crippen LogP contribution in [0.1, 0.15) is 26.7 Å². The van der Waals surface area contributed by atoms with Crippen LogP contribution in [0.3, 0.4) is 0 Å². The maximum Gasteiger partial charge on any atom is 0.0707 e. The molecule has 0 aliphatic carbocycles. The molecule has 1 unspecified atom stereocenters. The Hall–Kier alpha value is -0.170. The van der Waals surface area contributed by atoms with Gasteiger partial charge in [-0.3, -0.25) is 0 Å². The number of rotatable bonds is 6. The molecule has 0 aromatic carbocycles. The zero-order chi connectivity index (χ0) is 11.1. The second kappa shape index (κ2) is 6.42. The lowest BCUT2D eigenvalue weighted by Crippen LogP contribution is -2.30. The number of terminal acetylenes is 1. The topological polar surface area (TPSA) is 21.3 Å². The molecule has 1 rings (SSSR count). The average Bonchev–Trinajstić information content (AvgIpc) is 2.52. The first-order valence-electron chi connectivity index (χ1n) is 5.54. The summed E-state index contributed by atoms with van der Waals surface area (Å²) in [4.78, 5) is 0. The summed E-state index contributed by atoms with van der Waals surface area (Å²) in [6, 6.07) is 0. The van der Waals surface area contributed by atoms with E-state index >= 15 is 0 Å². The third-order valence-corrected chi connectivity index (χ3v) is 3.40. The highest BCUT2D eigenvalue weighted by Gasteiger charge is 2.30. The molecular formula is C12H21NOS. The Labute approximate surface area is 97.5 Å². The maximum atomic E-state index is 5.87. The summed E-state index contributed by atoms with van der Waals surface area (Å²) in [6.45, 7) is 6.32. The minimum Gasteiger partial charge on any atom is -0.371 e. The Kier molecular flexibility index (Phi) is 5.52. The smallest absolute Gasteiger partial charge is 0.0707 e. The van der Waals surface area contributed by atoms with Crippen molar-refractivity contribution in [3.05, 3.63) is 0 Å². The molecule has 3 heteroatoms. The second-order valence-electron chi connectivity index (χ2n) is 4.50. The van der Waals surface area contributed by atoms with Gasteiger partial charge in [-0.2, -0.15) is 0 Å². The number of thioether (sulfide) groups is 1. The Bertz CT molecular complexity index is 222. The van der Waals surface area contributed by atoms with Crippen LogP contribution in [0.15, 0.2) is 0 Å². The van der Waals surface area contributed by atoms with Crippen LogP contribution in [0, 0.1) is 12.3 Å². The lowest BCUT2D eigenvalue weighted by molar-refractivity contribution is -0.0139. The maximum absolute atomic E-state index is 5.87. The number of ether oxygens (including phenoxy) is 1. The standard InChI is InChI=1S/C12H21NOS/c1-4-8-15-9-7-13-10-11-5-6-12(2,3)14-11/h1,11,13H,5-10H2,2-3H3. The van der Waals surface area contributed by atoms with Gasteiger partial charge >= 0.3 is 0 Å². The van der Waals surface area contributed by atoms with E-state index < -0.39 is 0 Å². The summed E-state index contributed by atoms with van der Waals surface area (Å²) in [5, 5.41) is 3.41. The predicted octanol–water partition coefficient (Wildman–Crippen LogP) is 1.90. The minimum absolute atomic E-state index is 0.0879. The SMILES string of the molecule is C#CCSCCNCC1CCC(C)(C)O1. The van der Waals surface area contributed by atoms with Crippen molar-refractivity contribution in [3.8, 4) is 12.3 Å². The van der Waals surface area contributed by atoms with Gasteiger partial charge in [0, 0.05) is 18.8 Å². The van der Waals surface area contributed by atoms with Crippen molar-refractivity contribution < 1.29 is 4.74 Å². The fourth-order valence-corrected chi connectivity index (χ4v) is 2.31. The Balaban J connectivity index is 1.95. The van der Waals surface area contributed by atoms with E-state index in [1.165, 1.54) is 12.8 Å². The van der Waals surface area contributed by atoms with Gasteiger partial charge in [0.1, 0.15) is 0 Å². The predicted molar refractivity (Wildman–Crippen MR) is 67.2 cm³/mol. The largest absolute Gasteiger partial charge is 0.371 e. The summed E-state index contributed by atoms with van der Waals surface area (Å²) in [5.74, 6) is 4.52. The molecule has 0 aromatic heterocycles. The van der Waals surface area contributed by atoms with Crippen LogP contribution >= 0.6 is 11.8 Å². The van der Waals surface area contributed by atoms with E-state index in [4.69, 9.17) is 11.2 Å². The third-order valence-electron chi connectivity index (χ3n) is 2.53. The van der Waals surface area contributed by atoms with E-state index in [0.717, 1.165) is 24.6 Å². The molecular weight excluding hydrogens is 206 g/mol. The van der Waals surface area contributed by atoms with E-state index in [0.29, 0.717) is 6.10 Å². The fourth-order valence-electron chi connectivity index (χ4n) is 1.76. The van der Waals surface area contributed by atoms with Crippen molar-refractivity contribution >= 4 is 11.8 Å². The third kappa shape index (κ3) is 5.46. The molecule has 15 heavy (non-hydrogen) atoms. The minimum atomic E-state index is 0.0879. The van der Waals surface area contributed by atoms with Gasteiger partial charge in [0.15, 0.2) is 0 Å². The van der Waals surface area contributed by atoms with Crippen LogP contribution in [-0.4, -0.2) is 36.3 Å². The van der Waals surface area contributed by atoms with E-state index in [-0.39, 0.29) is 5.60 Å². The molecule has 1 heterocycles. The monoisotopic (exact) mass is 227 g/mol. The Morgan fingerprint density at radius 3 is 3.00 bits per heavy atom. The first-order valence-corrected chi connectivity index (χ1v) is 6.69. The van der Waals surface area contributed by atoms with Crippen molar-refractivity contribution in [1.82, 2.24) is 5.32 Å². The highest BCUT2D eigenvalue weighted by Crippen LogP contribution is 2.28. The highest BCUT2D eigenvalue weighted by molar-refractivity contribution is 7.99. The van der Waals surface area contributed by atoms with Crippen molar-refractivity contribution in [2.75, 3.05) is 24.6 Å². The van der Waals surface area contributed by atoms with Gasteiger partial charge < -0.3 is 10.1 Å². The van der Waals surface area contributed by atoms with Gasteiger partial charge in [-0.1, -0.05) is 5.92 Å². The molecule has 2 nitrogen and oxygen atoms in total. The van der Waals surface area contributed by atoms with Crippen LogP contribution < -0.4 is 5.32 Å². The molecule has 1 atom stereocenters.